The predicted molar refractivity (Wildman–Crippen MR) is 83.7 cm³/mol. The maximum Gasteiger partial charge on any atom is 0.0815 e. The molecule has 1 aromatic carbocycles. The lowest BCUT2D eigenvalue weighted by molar-refractivity contribution is 0.474. The molecule has 19 heavy (non-hydrogen) atoms. The number of nitrogens with one attached hydrogen (secondary N) is 1. The van der Waals surface area contributed by atoms with E-state index in [1.165, 1.54) is 0 Å². The number of rotatable bonds is 5. The molecule has 0 spiro atoms. The molecule has 0 saturated heterocycles. The first kappa shape index (κ1) is 14.4. The van der Waals surface area contributed by atoms with Crippen molar-refractivity contribution in [2.45, 2.75) is 32.9 Å². The van der Waals surface area contributed by atoms with E-state index >= 15 is 0 Å². The van der Waals surface area contributed by atoms with E-state index in [2.05, 4.69) is 40.2 Å². The quantitative estimate of drug-likeness (QED) is 0.839. The van der Waals surface area contributed by atoms with Gasteiger partial charge in [0, 0.05) is 16.7 Å². The van der Waals surface area contributed by atoms with Gasteiger partial charge in [0.25, 0.3) is 0 Å². The van der Waals surface area contributed by atoms with Gasteiger partial charge in [-0.05, 0) is 37.6 Å². The number of hydrogen-bond acceptors (Lipinski definition) is 2. The van der Waals surface area contributed by atoms with Gasteiger partial charge in [0.15, 0.2) is 0 Å². The van der Waals surface area contributed by atoms with Crippen LogP contribution in [0.25, 0.3) is 0 Å². The number of aromatic nitrogens is 2. The van der Waals surface area contributed by atoms with Crippen molar-refractivity contribution in [3.8, 4) is 0 Å². The van der Waals surface area contributed by atoms with Gasteiger partial charge in [0.2, 0.25) is 0 Å². The Kier molecular flexibility index (Phi) is 4.88. The molecule has 1 aromatic heterocycles. The van der Waals surface area contributed by atoms with Gasteiger partial charge in [0.05, 0.1) is 22.9 Å². The van der Waals surface area contributed by atoms with Crippen molar-refractivity contribution in [3.63, 3.8) is 0 Å². The van der Waals surface area contributed by atoms with Crippen molar-refractivity contribution >= 4 is 33.2 Å². The standard InChI is InChI=1S/C14H17BrClN3/c1-3-10(2)19-7-6-12(18-19)9-17-14-8-11(15)4-5-13(14)16/h4-8,10,17H,3,9H2,1-2H3. The molecule has 1 atom stereocenters. The zero-order valence-corrected chi connectivity index (χ0v) is 13.4. The number of nitrogens with zero attached hydrogens (tertiary/aromatic N) is 2. The topological polar surface area (TPSA) is 29.9 Å². The average molecular weight is 343 g/mol. The Morgan fingerprint density at radius 3 is 2.95 bits per heavy atom. The van der Waals surface area contributed by atoms with E-state index in [0.717, 1.165) is 22.3 Å². The zero-order chi connectivity index (χ0) is 13.8. The van der Waals surface area contributed by atoms with Crippen molar-refractivity contribution in [2.75, 3.05) is 5.32 Å². The van der Waals surface area contributed by atoms with Gasteiger partial charge in [-0.15, -0.1) is 0 Å². The molecule has 1 N–H and O–H groups in total. The third-order valence-corrected chi connectivity index (χ3v) is 3.92. The third kappa shape index (κ3) is 3.74. The Morgan fingerprint density at radius 1 is 1.42 bits per heavy atom. The maximum absolute atomic E-state index is 6.13. The van der Waals surface area contributed by atoms with Crippen molar-refractivity contribution in [3.05, 3.63) is 45.7 Å². The Labute approximate surface area is 127 Å². The van der Waals surface area contributed by atoms with E-state index in [9.17, 15) is 0 Å². The molecule has 0 aliphatic heterocycles. The van der Waals surface area contributed by atoms with Gasteiger partial charge in [0.1, 0.15) is 0 Å². The third-order valence-electron chi connectivity index (χ3n) is 3.09. The number of anilines is 1. The fourth-order valence-electron chi connectivity index (χ4n) is 1.72. The van der Waals surface area contributed by atoms with E-state index in [1.807, 2.05) is 35.1 Å². The lowest BCUT2D eigenvalue weighted by atomic mass is 10.3. The molecular weight excluding hydrogens is 326 g/mol. The summed E-state index contributed by atoms with van der Waals surface area (Å²) >= 11 is 9.57. The molecule has 2 aromatic rings. The van der Waals surface area contributed by atoms with Crippen LogP contribution in [0.2, 0.25) is 5.02 Å². The summed E-state index contributed by atoms with van der Waals surface area (Å²) in [7, 11) is 0. The summed E-state index contributed by atoms with van der Waals surface area (Å²) in [4.78, 5) is 0. The van der Waals surface area contributed by atoms with Crippen LogP contribution in [0.5, 0.6) is 0 Å². The minimum Gasteiger partial charge on any atom is -0.378 e. The molecule has 0 aliphatic rings. The van der Waals surface area contributed by atoms with Crippen LogP contribution in [-0.2, 0) is 6.54 Å². The largest absolute Gasteiger partial charge is 0.378 e. The molecule has 0 radical (unpaired) electrons. The lowest BCUT2D eigenvalue weighted by Crippen LogP contribution is -2.06. The van der Waals surface area contributed by atoms with Crippen LogP contribution in [0.1, 0.15) is 32.0 Å². The first-order valence-electron chi connectivity index (χ1n) is 6.33. The minimum atomic E-state index is 0.434. The molecule has 0 aliphatic carbocycles. The van der Waals surface area contributed by atoms with Crippen molar-refractivity contribution in [1.29, 1.82) is 0 Å². The predicted octanol–water partition coefficient (Wildman–Crippen LogP) is 4.88. The summed E-state index contributed by atoms with van der Waals surface area (Å²) < 4.78 is 3.00. The second-order valence-electron chi connectivity index (χ2n) is 4.52. The second kappa shape index (κ2) is 6.44. The summed E-state index contributed by atoms with van der Waals surface area (Å²) in [6, 6.07) is 8.22. The normalized spacial score (nSPS) is 12.4. The first-order valence-corrected chi connectivity index (χ1v) is 7.50. The molecular formula is C14H17BrClN3. The van der Waals surface area contributed by atoms with Crippen LogP contribution in [-0.4, -0.2) is 9.78 Å². The van der Waals surface area contributed by atoms with Crippen LogP contribution in [0, 0.1) is 0 Å². The molecule has 0 amide bonds. The summed E-state index contributed by atoms with van der Waals surface area (Å²) in [5, 5.41) is 8.56. The van der Waals surface area contributed by atoms with E-state index < -0.39 is 0 Å². The second-order valence-corrected chi connectivity index (χ2v) is 5.84. The lowest BCUT2D eigenvalue weighted by Gasteiger charge is -2.09. The summed E-state index contributed by atoms with van der Waals surface area (Å²) in [5.74, 6) is 0. The Morgan fingerprint density at radius 2 is 2.21 bits per heavy atom. The fourth-order valence-corrected chi connectivity index (χ4v) is 2.27. The molecule has 0 bridgehead atoms. The monoisotopic (exact) mass is 341 g/mol. The summed E-state index contributed by atoms with van der Waals surface area (Å²) in [6.07, 6.45) is 3.10. The minimum absolute atomic E-state index is 0.434. The first-order chi connectivity index (χ1) is 9.10. The maximum atomic E-state index is 6.13. The van der Waals surface area contributed by atoms with Gasteiger partial charge in [-0.3, -0.25) is 4.68 Å². The molecule has 3 nitrogen and oxygen atoms in total. The molecule has 0 saturated carbocycles. The highest BCUT2D eigenvalue weighted by molar-refractivity contribution is 9.10. The van der Waals surface area contributed by atoms with Gasteiger partial charge in [-0.25, -0.2) is 0 Å². The van der Waals surface area contributed by atoms with Crippen LogP contribution in [0.15, 0.2) is 34.9 Å². The van der Waals surface area contributed by atoms with Crippen LogP contribution in [0.3, 0.4) is 0 Å². The van der Waals surface area contributed by atoms with Crippen molar-refractivity contribution in [1.82, 2.24) is 9.78 Å². The van der Waals surface area contributed by atoms with Gasteiger partial charge in [-0.2, -0.15) is 5.10 Å². The van der Waals surface area contributed by atoms with Gasteiger partial charge >= 0.3 is 0 Å². The molecule has 102 valence electrons. The fraction of sp³-hybridized carbons (Fsp3) is 0.357. The van der Waals surface area contributed by atoms with Crippen LogP contribution >= 0.6 is 27.5 Å². The molecule has 2 rings (SSSR count). The Balaban J connectivity index is 2.02. The smallest absolute Gasteiger partial charge is 0.0815 e. The Bertz CT molecular complexity index is 553. The Hall–Kier alpha value is -1.00. The van der Waals surface area contributed by atoms with Gasteiger partial charge in [-0.1, -0.05) is 34.5 Å². The highest BCUT2D eigenvalue weighted by atomic mass is 79.9. The van der Waals surface area contributed by atoms with Gasteiger partial charge < -0.3 is 5.32 Å². The van der Waals surface area contributed by atoms with E-state index in [1.54, 1.807) is 0 Å². The molecule has 0 fully saturated rings. The highest BCUT2D eigenvalue weighted by Crippen LogP contribution is 2.26. The van der Waals surface area contributed by atoms with E-state index in [-0.39, 0.29) is 0 Å². The summed E-state index contributed by atoms with van der Waals surface area (Å²) in [6.45, 7) is 4.99. The number of benzene rings is 1. The highest BCUT2D eigenvalue weighted by Gasteiger charge is 2.05. The number of hydrogen-bond donors (Lipinski definition) is 1. The van der Waals surface area contributed by atoms with E-state index in [0.29, 0.717) is 17.6 Å². The summed E-state index contributed by atoms with van der Waals surface area (Å²) in [5.41, 5.74) is 1.92. The zero-order valence-electron chi connectivity index (χ0n) is 11.0. The molecule has 5 heteroatoms. The number of halogens is 2. The van der Waals surface area contributed by atoms with Crippen molar-refractivity contribution in [2.24, 2.45) is 0 Å². The molecule has 1 unspecified atom stereocenters. The average Bonchev–Trinajstić information content (AvgIpc) is 2.88. The van der Waals surface area contributed by atoms with Crippen LogP contribution in [0.4, 0.5) is 5.69 Å². The SMILES string of the molecule is CCC(C)n1ccc(CNc2cc(Br)ccc2Cl)n1. The van der Waals surface area contributed by atoms with Crippen molar-refractivity contribution < 1.29 is 0 Å². The van der Waals surface area contributed by atoms with E-state index in [4.69, 9.17) is 11.6 Å². The molecule has 1 heterocycles. The van der Waals surface area contributed by atoms with Crippen LogP contribution < -0.4 is 5.32 Å².